The molecule has 0 N–H and O–H groups in total. The summed E-state index contributed by atoms with van der Waals surface area (Å²) in [4.78, 5) is 37.9. The lowest BCUT2D eigenvalue weighted by Gasteiger charge is -2.18. The molecule has 0 radical (unpaired) electrons. The van der Waals surface area contributed by atoms with Crippen molar-refractivity contribution in [2.45, 2.75) is 239 Å². The first-order chi connectivity index (χ1) is 37.5. The van der Waals surface area contributed by atoms with Crippen molar-refractivity contribution in [2.24, 2.45) is 0 Å². The van der Waals surface area contributed by atoms with Crippen LogP contribution in [0.3, 0.4) is 0 Å². The normalized spacial score (nSPS) is 13.4. The van der Waals surface area contributed by atoms with Crippen LogP contribution in [0.4, 0.5) is 0 Å². The monoisotopic (exact) mass is 1040 g/mol. The number of rotatable bonds is 52. The lowest BCUT2D eigenvalue weighted by atomic mass is 10.1. The summed E-state index contributed by atoms with van der Waals surface area (Å²) in [7, 11) is 0. The quantitative estimate of drug-likeness (QED) is 0.0261. The first-order valence-corrected chi connectivity index (χ1v) is 30.1. The summed E-state index contributed by atoms with van der Waals surface area (Å²) in [5.41, 5.74) is 0. The topological polar surface area (TPSA) is 78.9 Å². The average Bonchev–Trinajstić information content (AvgIpc) is 3.42. The zero-order valence-corrected chi connectivity index (χ0v) is 48.4. The number of ether oxygens (including phenoxy) is 3. The molecule has 6 nitrogen and oxygen atoms in total. The summed E-state index contributed by atoms with van der Waals surface area (Å²) in [5, 5.41) is 0. The fourth-order valence-electron chi connectivity index (χ4n) is 7.53. The first kappa shape index (κ1) is 70.8. The molecule has 0 fully saturated rings. The molecule has 0 amide bonds. The number of hydrogen-bond acceptors (Lipinski definition) is 6. The van der Waals surface area contributed by atoms with Gasteiger partial charge in [0.2, 0.25) is 0 Å². The average molecular weight is 1050 g/mol. The van der Waals surface area contributed by atoms with Gasteiger partial charge in [0.15, 0.2) is 6.10 Å². The highest BCUT2D eigenvalue weighted by Gasteiger charge is 2.19. The minimum absolute atomic E-state index is 0.112. The summed E-state index contributed by atoms with van der Waals surface area (Å²) >= 11 is 0. The molecule has 0 heterocycles. The van der Waals surface area contributed by atoms with Gasteiger partial charge in [-0.25, -0.2) is 0 Å². The van der Waals surface area contributed by atoms with Crippen LogP contribution in [0, 0.1) is 0 Å². The molecule has 6 heteroatoms. The molecule has 0 aromatic rings. The zero-order valence-electron chi connectivity index (χ0n) is 48.4. The van der Waals surface area contributed by atoms with Gasteiger partial charge in [0.05, 0.1) is 0 Å². The molecule has 0 aliphatic heterocycles. The van der Waals surface area contributed by atoms with Gasteiger partial charge in [-0.1, -0.05) is 255 Å². The predicted octanol–water partition coefficient (Wildman–Crippen LogP) is 20.7. The molecule has 0 rings (SSSR count). The zero-order chi connectivity index (χ0) is 55.0. The Kier molecular flexibility index (Phi) is 58.0. The summed E-state index contributed by atoms with van der Waals surface area (Å²) < 4.78 is 16.7. The van der Waals surface area contributed by atoms with Crippen molar-refractivity contribution >= 4 is 17.9 Å². The maximum Gasteiger partial charge on any atom is 0.306 e. The standard InChI is InChI=1S/C70H108O6/c1-4-7-10-13-16-18-20-22-24-26-28-30-32-33-34-35-36-37-39-40-42-44-46-48-50-52-54-57-60-63-69(72)75-66-67(65-74-68(71)62-59-56-15-12-9-6-3)76-70(73)64-61-58-55-53-51-49-47-45-43-41-38-31-29-27-25-23-21-19-17-14-11-8-5-2/h7-8,10-11,16-19,22-25,28-31,33-34,36-37,40-43,47,49,53,55,67H,4-6,9,12-15,20-21,26-27,32,35,38-39,44-46,48,50-52,54,56-66H2,1-3H3/b10-7-,11-8-,18-16-,19-17-,24-22-,25-23-,30-28-,31-29-,34-33-,37-36-,42-40-,43-41-,49-47-,55-53-. The van der Waals surface area contributed by atoms with Crippen molar-refractivity contribution in [2.75, 3.05) is 13.2 Å². The SMILES string of the molecule is CC/C=C\C/C=C\C/C=C\C/C=C\C/C=C\C/C=C\C/C=C\CCCCCCCCCC(=O)OCC(COC(=O)CCCCCCCC)OC(=O)CCC/C=C\C/C=C\C/C=C\C/C=C\C/C=C\C/C=C\C/C=C\CC. The van der Waals surface area contributed by atoms with E-state index in [4.69, 9.17) is 14.2 Å². The van der Waals surface area contributed by atoms with Crippen molar-refractivity contribution in [3.8, 4) is 0 Å². The molecule has 76 heavy (non-hydrogen) atoms. The molecule has 0 aliphatic carbocycles. The van der Waals surface area contributed by atoms with Crippen molar-refractivity contribution in [1.29, 1.82) is 0 Å². The number of esters is 3. The van der Waals surface area contributed by atoms with Crippen molar-refractivity contribution in [1.82, 2.24) is 0 Å². The second-order valence-electron chi connectivity index (χ2n) is 19.1. The number of carbonyl (C=O) groups is 3. The van der Waals surface area contributed by atoms with E-state index in [1.165, 1.54) is 44.9 Å². The summed E-state index contributed by atoms with van der Waals surface area (Å²) in [6.45, 7) is 6.27. The minimum Gasteiger partial charge on any atom is -0.462 e. The van der Waals surface area contributed by atoms with Gasteiger partial charge >= 0.3 is 17.9 Å². The Hall–Kier alpha value is -5.23. The van der Waals surface area contributed by atoms with E-state index in [1.54, 1.807) is 0 Å². The van der Waals surface area contributed by atoms with E-state index < -0.39 is 6.10 Å². The van der Waals surface area contributed by atoms with Crippen molar-refractivity contribution < 1.29 is 28.6 Å². The Labute approximate surface area is 466 Å². The second kappa shape index (κ2) is 62.3. The Morgan fingerprint density at radius 2 is 0.526 bits per heavy atom. The van der Waals surface area contributed by atoms with Crippen LogP contribution in [0.5, 0.6) is 0 Å². The van der Waals surface area contributed by atoms with Crippen LogP contribution in [-0.4, -0.2) is 37.2 Å². The van der Waals surface area contributed by atoms with E-state index >= 15 is 0 Å². The molecule has 1 unspecified atom stereocenters. The van der Waals surface area contributed by atoms with Crippen LogP contribution in [0.1, 0.15) is 233 Å². The van der Waals surface area contributed by atoms with Gasteiger partial charge < -0.3 is 14.2 Å². The lowest BCUT2D eigenvalue weighted by molar-refractivity contribution is -0.167. The molecule has 0 spiro atoms. The third kappa shape index (κ3) is 59.6. The number of carbonyl (C=O) groups excluding carboxylic acids is 3. The highest BCUT2D eigenvalue weighted by molar-refractivity contribution is 5.71. The Morgan fingerprint density at radius 1 is 0.276 bits per heavy atom. The predicted molar refractivity (Wildman–Crippen MR) is 329 cm³/mol. The van der Waals surface area contributed by atoms with E-state index in [9.17, 15) is 14.4 Å². The molecule has 0 aromatic heterocycles. The molecule has 0 aromatic carbocycles. The van der Waals surface area contributed by atoms with Gasteiger partial charge in [0, 0.05) is 19.3 Å². The second-order valence-corrected chi connectivity index (χ2v) is 19.1. The molecule has 0 aliphatic rings. The van der Waals surface area contributed by atoms with E-state index in [0.717, 1.165) is 141 Å². The highest BCUT2D eigenvalue weighted by atomic mass is 16.6. The Morgan fingerprint density at radius 3 is 0.842 bits per heavy atom. The van der Waals surface area contributed by atoms with E-state index in [1.807, 2.05) is 0 Å². The van der Waals surface area contributed by atoms with Gasteiger partial charge in [0.25, 0.3) is 0 Å². The van der Waals surface area contributed by atoms with Crippen LogP contribution in [-0.2, 0) is 28.6 Å². The third-order valence-corrected chi connectivity index (χ3v) is 12.0. The number of allylic oxidation sites excluding steroid dienone is 28. The molecule has 0 saturated heterocycles. The van der Waals surface area contributed by atoms with E-state index in [-0.39, 0.29) is 37.5 Å². The maximum atomic E-state index is 12.8. The molecular formula is C70H108O6. The molecule has 424 valence electrons. The molecule has 0 saturated carbocycles. The third-order valence-electron chi connectivity index (χ3n) is 12.0. The highest BCUT2D eigenvalue weighted by Crippen LogP contribution is 2.13. The van der Waals surface area contributed by atoms with Crippen molar-refractivity contribution in [3.63, 3.8) is 0 Å². The molecule has 1 atom stereocenters. The van der Waals surface area contributed by atoms with Gasteiger partial charge in [-0.3, -0.25) is 14.4 Å². The smallest absolute Gasteiger partial charge is 0.306 e. The van der Waals surface area contributed by atoms with Crippen LogP contribution in [0.15, 0.2) is 170 Å². The van der Waals surface area contributed by atoms with Crippen LogP contribution < -0.4 is 0 Å². The summed E-state index contributed by atoms with van der Waals surface area (Å²) in [6.07, 6.45) is 92.4. The van der Waals surface area contributed by atoms with Gasteiger partial charge in [-0.2, -0.15) is 0 Å². The van der Waals surface area contributed by atoms with Crippen LogP contribution in [0.2, 0.25) is 0 Å². The van der Waals surface area contributed by atoms with Crippen LogP contribution in [0.25, 0.3) is 0 Å². The van der Waals surface area contributed by atoms with Gasteiger partial charge in [-0.05, 0) is 128 Å². The van der Waals surface area contributed by atoms with Gasteiger partial charge in [-0.15, -0.1) is 0 Å². The number of unbranched alkanes of at least 4 members (excludes halogenated alkanes) is 13. The fourth-order valence-corrected chi connectivity index (χ4v) is 7.53. The van der Waals surface area contributed by atoms with Crippen molar-refractivity contribution in [3.05, 3.63) is 170 Å². The maximum absolute atomic E-state index is 12.8. The van der Waals surface area contributed by atoms with E-state index in [0.29, 0.717) is 19.3 Å². The largest absolute Gasteiger partial charge is 0.462 e. The number of hydrogen-bond donors (Lipinski definition) is 0. The fraction of sp³-hybridized carbons (Fsp3) is 0.557. The summed E-state index contributed by atoms with van der Waals surface area (Å²) in [5.74, 6) is -1.00. The Bertz CT molecular complexity index is 1770. The minimum atomic E-state index is -0.819. The molecule has 0 bridgehead atoms. The van der Waals surface area contributed by atoms with Crippen LogP contribution >= 0.6 is 0 Å². The molecular weight excluding hydrogens is 937 g/mol. The lowest BCUT2D eigenvalue weighted by Crippen LogP contribution is -2.30. The summed E-state index contributed by atoms with van der Waals surface area (Å²) in [6, 6.07) is 0. The first-order valence-electron chi connectivity index (χ1n) is 30.1. The van der Waals surface area contributed by atoms with E-state index in [2.05, 4.69) is 191 Å². The Balaban J connectivity index is 4.29. The van der Waals surface area contributed by atoms with Gasteiger partial charge in [0.1, 0.15) is 13.2 Å².